The van der Waals surface area contributed by atoms with E-state index in [9.17, 15) is 17.6 Å². The van der Waals surface area contributed by atoms with Crippen LogP contribution in [0.25, 0.3) is 11.1 Å². The zero-order chi connectivity index (χ0) is 16.6. The summed E-state index contributed by atoms with van der Waals surface area (Å²) in [4.78, 5) is 0. The van der Waals surface area contributed by atoms with Gasteiger partial charge < -0.3 is 0 Å². The van der Waals surface area contributed by atoms with Crippen molar-refractivity contribution in [2.45, 2.75) is 19.8 Å². The van der Waals surface area contributed by atoms with Crippen molar-refractivity contribution in [2.24, 2.45) is 0 Å². The van der Waals surface area contributed by atoms with Gasteiger partial charge in [0.2, 0.25) is 0 Å². The molecule has 3 rings (SSSR count). The van der Waals surface area contributed by atoms with E-state index in [1.165, 1.54) is 6.08 Å². The monoisotopic (exact) mass is 318 g/mol. The predicted octanol–water partition coefficient (Wildman–Crippen LogP) is 5.97. The van der Waals surface area contributed by atoms with E-state index >= 15 is 0 Å². The second-order valence-electron chi connectivity index (χ2n) is 5.62. The van der Waals surface area contributed by atoms with Gasteiger partial charge >= 0.3 is 0 Å². The molecule has 0 saturated carbocycles. The van der Waals surface area contributed by atoms with E-state index in [1.54, 1.807) is 0 Å². The highest BCUT2D eigenvalue weighted by Gasteiger charge is 2.19. The van der Waals surface area contributed by atoms with Crippen LogP contribution >= 0.6 is 0 Å². The van der Waals surface area contributed by atoms with Gasteiger partial charge in [0, 0.05) is 0 Å². The Bertz CT molecular complexity index is 791. The van der Waals surface area contributed by atoms with Gasteiger partial charge in [-0.25, -0.2) is 17.6 Å². The van der Waals surface area contributed by atoms with E-state index in [0.29, 0.717) is 12.8 Å². The maximum Gasteiger partial charge on any atom is 0.194 e. The summed E-state index contributed by atoms with van der Waals surface area (Å²) < 4.78 is 54.0. The van der Waals surface area contributed by atoms with Crippen LogP contribution in [-0.4, -0.2) is 0 Å². The van der Waals surface area contributed by atoms with E-state index in [-0.39, 0.29) is 11.1 Å². The number of halogens is 4. The third-order valence-electron chi connectivity index (χ3n) is 3.99. The van der Waals surface area contributed by atoms with Gasteiger partial charge in [-0.15, -0.1) is 0 Å². The Morgan fingerprint density at radius 1 is 0.783 bits per heavy atom. The third kappa shape index (κ3) is 3.07. The molecule has 2 aromatic carbocycles. The molecule has 0 aromatic heterocycles. The summed E-state index contributed by atoms with van der Waals surface area (Å²) in [5.41, 5.74) is 3.09. The maximum atomic E-state index is 14.4. The minimum Gasteiger partial charge on any atom is -0.207 e. The second kappa shape index (κ2) is 6.03. The molecule has 1 aliphatic rings. The van der Waals surface area contributed by atoms with Crippen molar-refractivity contribution in [3.05, 3.63) is 82.4 Å². The van der Waals surface area contributed by atoms with Crippen LogP contribution in [0.5, 0.6) is 0 Å². The Labute approximate surface area is 131 Å². The first kappa shape index (κ1) is 15.5. The number of aryl methyl sites for hydroxylation is 1. The molecule has 0 bridgehead atoms. The fourth-order valence-corrected chi connectivity index (χ4v) is 2.70. The fraction of sp³-hybridized carbons (Fsp3) is 0.158. The molecule has 0 radical (unpaired) electrons. The van der Waals surface area contributed by atoms with Crippen molar-refractivity contribution >= 4 is 11.1 Å². The van der Waals surface area contributed by atoms with Crippen molar-refractivity contribution < 1.29 is 17.6 Å². The molecule has 0 unspecified atom stereocenters. The average Bonchev–Trinajstić information content (AvgIpc) is 2.53. The van der Waals surface area contributed by atoms with Crippen LogP contribution < -0.4 is 0 Å². The van der Waals surface area contributed by atoms with Gasteiger partial charge in [0.1, 0.15) is 5.83 Å². The third-order valence-corrected chi connectivity index (χ3v) is 3.99. The van der Waals surface area contributed by atoms with Crippen LogP contribution in [0.2, 0.25) is 0 Å². The normalized spacial score (nSPS) is 14.9. The molecule has 0 nitrogen and oxygen atoms in total. The van der Waals surface area contributed by atoms with Crippen LogP contribution in [0.15, 0.2) is 48.3 Å². The molecule has 0 saturated heterocycles. The molecule has 0 aliphatic heterocycles. The summed E-state index contributed by atoms with van der Waals surface area (Å²) in [6, 6.07) is 9.37. The Hall–Kier alpha value is -2.36. The summed E-state index contributed by atoms with van der Waals surface area (Å²) >= 11 is 0. The molecule has 0 atom stereocenters. The molecule has 4 heteroatoms. The molecular weight excluding hydrogens is 304 g/mol. The van der Waals surface area contributed by atoms with Gasteiger partial charge in [-0.3, -0.25) is 0 Å². The van der Waals surface area contributed by atoms with E-state index in [2.05, 4.69) is 0 Å². The Morgan fingerprint density at radius 3 is 1.96 bits per heavy atom. The zero-order valence-electron chi connectivity index (χ0n) is 12.5. The quantitative estimate of drug-likeness (QED) is 0.472. The molecule has 23 heavy (non-hydrogen) atoms. The lowest BCUT2D eigenvalue weighted by Crippen LogP contribution is -2.00. The number of rotatable bonds is 2. The van der Waals surface area contributed by atoms with Crippen LogP contribution in [0, 0.1) is 24.4 Å². The van der Waals surface area contributed by atoms with E-state index < -0.39 is 23.3 Å². The second-order valence-corrected chi connectivity index (χ2v) is 5.62. The molecule has 0 N–H and O–H groups in total. The van der Waals surface area contributed by atoms with Gasteiger partial charge in [0.15, 0.2) is 17.5 Å². The zero-order valence-corrected chi connectivity index (χ0v) is 12.5. The molecule has 0 spiro atoms. The molecule has 118 valence electrons. The number of benzene rings is 2. The number of hydrogen-bond donors (Lipinski definition) is 0. The SMILES string of the molecule is Cc1ccc(C2=CC(F)=C(c3cc(F)c(F)c(F)c3)CC2)cc1. The lowest BCUT2D eigenvalue weighted by atomic mass is 9.89. The van der Waals surface area contributed by atoms with E-state index in [4.69, 9.17) is 0 Å². The molecule has 0 fully saturated rings. The van der Waals surface area contributed by atoms with Crippen LogP contribution in [-0.2, 0) is 0 Å². The topological polar surface area (TPSA) is 0 Å². The smallest absolute Gasteiger partial charge is 0.194 e. The largest absolute Gasteiger partial charge is 0.207 e. The summed E-state index contributed by atoms with van der Waals surface area (Å²) in [6.07, 6.45) is 2.23. The van der Waals surface area contributed by atoms with Gasteiger partial charge in [-0.1, -0.05) is 29.8 Å². The highest BCUT2D eigenvalue weighted by atomic mass is 19.2. The molecule has 2 aromatic rings. The van der Waals surface area contributed by atoms with Crippen LogP contribution in [0.3, 0.4) is 0 Å². The molecule has 0 heterocycles. The summed E-state index contributed by atoms with van der Waals surface area (Å²) in [7, 11) is 0. The first-order chi connectivity index (χ1) is 11.0. The van der Waals surface area contributed by atoms with Crippen molar-refractivity contribution in [3.63, 3.8) is 0 Å². The summed E-state index contributed by atoms with van der Waals surface area (Å²) in [5.74, 6) is -4.71. The maximum absolute atomic E-state index is 14.4. The highest BCUT2D eigenvalue weighted by Crippen LogP contribution is 2.36. The molecule has 0 amide bonds. The van der Waals surface area contributed by atoms with Crippen molar-refractivity contribution in [3.8, 4) is 0 Å². The Kier molecular flexibility index (Phi) is 4.07. The minimum atomic E-state index is -1.54. The summed E-state index contributed by atoms with van der Waals surface area (Å²) in [5, 5.41) is 0. The lowest BCUT2D eigenvalue weighted by Gasteiger charge is -2.17. The van der Waals surface area contributed by atoms with Gasteiger partial charge in [0.25, 0.3) is 0 Å². The fourth-order valence-electron chi connectivity index (χ4n) is 2.70. The highest BCUT2D eigenvalue weighted by molar-refractivity contribution is 5.80. The van der Waals surface area contributed by atoms with E-state index in [0.717, 1.165) is 28.8 Å². The molecular formula is C19H14F4. The minimum absolute atomic E-state index is 0.0399. The first-order valence-corrected chi connectivity index (χ1v) is 7.27. The number of allylic oxidation sites excluding steroid dienone is 4. The number of hydrogen-bond acceptors (Lipinski definition) is 0. The van der Waals surface area contributed by atoms with Crippen molar-refractivity contribution in [2.75, 3.05) is 0 Å². The van der Waals surface area contributed by atoms with Gasteiger partial charge in [-0.05, 0) is 60.2 Å². The lowest BCUT2D eigenvalue weighted by molar-refractivity contribution is 0.446. The predicted molar refractivity (Wildman–Crippen MR) is 82.7 cm³/mol. The van der Waals surface area contributed by atoms with Crippen molar-refractivity contribution in [1.82, 2.24) is 0 Å². The molecule has 1 aliphatic carbocycles. The summed E-state index contributed by atoms with van der Waals surface area (Å²) in [6.45, 7) is 1.97. The average molecular weight is 318 g/mol. The first-order valence-electron chi connectivity index (χ1n) is 7.27. The van der Waals surface area contributed by atoms with Crippen molar-refractivity contribution in [1.29, 1.82) is 0 Å². The van der Waals surface area contributed by atoms with Crippen LogP contribution in [0.4, 0.5) is 17.6 Å². The Balaban J connectivity index is 1.99. The Morgan fingerprint density at radius 2 is 1.39 bits per heavy atom. The van der Waals surface area contributed by atoms with Crippen LogP contribution in [0.1, 0.15) is 29.5 Å². The van der Waals surface area contributed by atoms with Gasteiger partial charge in [-0.2, -0.15) is 0 Å². The van der Waals surface area contributed by atoms with E-state index in [1.807, 2.05) is 31.2 Å². The standard InChI is InChI=1S/C19H14F4/c1-11-2-4-12(5-3-11)13-6-7-15(16(20)8-13)14-9-17(21)19(23)18(22)10-14/h2-5,8-10H,6-7H2,1H3. The van der Waals surface area contributed by atoms with Gasteiger partial charge in [0.05, 0.1) is 0 Å².